The Morgan fingerprint density at radius 3 is 0.940 bits per heavy atom. The molecule has 1 amide bonds. The van der Waals surface area contributed by atoms with Crippen molar-refractivity contribution in [2.75, 3.05) is 40.9 Å². The highest BCUT2D eigenvalue weighted by Crippen LogP contribution is 2.38. The first kappa shape index (κ1) is 82.2. The van der Waals surface area contributed by atoms with Crippen molar-refractivity contribution in [1.29, 1.82) is 0 Å². The monoisotopic (exact) mass is 1190 g/mol. The Labute approximate surface area is 520 Å². The van der Waals surface area contributed by atoms with Gasteiger partial charge in [0.05, 0.1) is 39.9 Å². The van der Waals surface area contributed by atoms with Gasteiger partial charge in [-0.25, -0.2) is 0 Å². The molecule has 2 N–H and O–H groups in total. The van der Waals surface area contributed by atoms with Gasteiger partial charge in [-0.05, 0) is 38.5 Å². The molecule has 0 aromatic rings. The zero-order valence-corrected chi connectivity index (χ0v) is 57.8. The fourth-order valence-electron chi connectivity index (χ4n) is 11.9. The van der Waals surface area contributed by atoms with Crippen molar-refractivity contribution >= 4 is 13.7 Å². The van der Waals surface area contributed by atoms with E-state index in [4.69, 9.17) is 9.05 Å². The summed E-state index contributed by atoms with van der Waals surface area (Å²) in [5, 5.41) is 14.1. The van der Waals surface area contributed by atoms with Gasteiger partial charge in [0.25, 0.3) is 7.82 Å². The van der Waals surface area contributed by atoms with Crippen molar-refractivity contribution in [3.8, 4) is 0 Å². The molecule has 83 heavy (non-hydrogen) atoms. The van der Waals surface area contributed by atoms with E-state index in [1.54, 1.807) is 0 Å². The van der Waals surface area contributed by atoms with Crippen LogP contribution in [0.25, 0.3) is 0 Å². The Morgan fingerprint density at radius 2 is 0.663 bits per heavy atom. The smallest absolute Gasteiger partial charge is 0.268 e. The lowest BCUT2D eigenvalue weighted by Gasteiger charge is -2.30. The number of phosphoric acid groups is 1. The van der Waals surface area contributed by atoms with Crippen LogP contribution >= 0.6 is 7.82 Å². The lowest BCUT2D eigenvalue weighted by atomic mass is 10.0. The van der Waals surface area contributed by atoms with Crippen LogP contribution < -0.4 is 10.2 Å². The molecule has 8 nitrogen and oxygen atoms in total. The number of hydrogen-bond acceptors (Lipinski definition) is 6. The second-order valence-corrected chi connectivity index (χ2v) is 28.8. The normalized spacial score (nSPS) is 13.6. The fraction of sp³-hybridized carbons (Fsp3) is 0.959. The molecular formula is C74H149N2O6P. The van der Waals surface area contributed by atoms with Crippen LogP contribution in [0.4, 0.5) is 0 Å². The second kappa shape index (κ2) is 65.7. The summed E-state index contributed by atoms with van der Waals surface area (Å²) >= 11 is 0. The predicted octanol–water partition coefficient (Wildman–Crippen LogP) is 23.4. The Balaban J connectivity index is 3.95. The summed E-state index contributed by atoms with van der Waals surface area (Å²) in [6, 6.07) is -0.799. The van der Waals surface area contributed by atoms with Crippen LogP contribution in [0, 0.1) is 0 Å². The number of rotatable bonds is 71. The summed E-state index contributed by atoms with van der Waals surface area (Å²) in [4.78, 5) is 25.7. The molecule has 3 unspecified atom stereocenters. The van der Waals surface area contributed by atoms with E-state index in [1.165, 1.54) is 340 Å². The summed E-state index contributed by atoms with van der Waals surface area (Å²) in [6.07, 6.45) is 84.6. The van der Waals surface area contributed by atoms with Gasteiger partial charge in [-0.3, -0.25) is 9.36 Å². The molecule has 3 atom stereocenters. The quantitative estimate of drug-likeness (QED) is 0.0272. The SMILES string of the molecule is CCCCCCCCCC/C=C\CCCCCCCCCCCCCCCCCCCCCC(=O)NC(COP(=O)([O-])OCC[N+](C)(C)C)C(O)CCCCCCCCCCCCCCCCCCCCCCCCCCCCCCCC. The summed E-state index contributed by atoms with van der Waals surface area (Å²) < 4.78 is 23.6. The largest absolute Gasteiger partial charge is 0.756 e. The van der Waals surface area contributed by atoms with E-state index in [9.17, 15) is 19.4 Å². The van der Waals surface area contributed by atoms with E-state index in [0.29, 0.717) is 23.9 Å². The first-order chi connectivity index (χ1) is 40.5. The first-order valence-corrected chi connectivity index (χ1v) is 39.0. The number of amides is 1. The number of allylic oxidation sites excluding steroid dienone is 2. The van der Waals surface area contributed by atoms with Gasteiger partial charge < -0.3 is 28.8 Å². The minimum atomic E-state index is -4.58. The van der Waals surface area contributed by atoms with Crippen LogP contribution in [0.3, 0.4) is 0 Å². The van der Waals surface area contributed by atoms with Gasteiger partial charge in [0, 0.05) is 6.42 Å². The van der Waals surface area contributed by atoms with Crippen LogP contribution in [0.1, 0.15) is 406 Å². The van der Waals surface area contributed by atoms with Gasteiger partial charge in [-0.15, -0.1) is 0 Å². The number of phosphoric ester groups is 1. The van der Waals surface area contributed by atoms with E-state index < -0.39 is 20.0 Å². The lowest BCUT2D eigenvalue weighted by molar-refractivity contribution is -0.870. The molecule has 0 spiro atoms. The van der Waals surface area contributed by atoms with Crippen molar-refractivity contribution in [2.24, 2.45) is 0 Å². The predicted molar refractivity (Wildman–Crippen MR) is 362 cm³/mol. The average Bonchev–Trinajstić information content (AvgIpc) is 3.49. The summed E-state index contributed by atoms with van der Waals surface area (Å²) in [5.41, 5.74) is 0. The molecule has 0 heterocycles. The Morgan fingerprint density at radius 1 is 0.410 bits per heavy atom. The van der Waals surface area contributed by atoms with E-state index >= 15 is 0 Å². The van der Waals surface area contributed by atoms with Gasteiger partial charge in [0.15, 0.2) is 0 Å². The fourth-order valence-corrected chi connectivity index (χ4v) is 12.6. The standard InChI is InChI=1S/C74H149N2O6P/c1-6-8-10-12-14-16-18-20-22-24-26-28-30-32-34-36-38-40-42-44-46-48-50-52-54-56-58-60-62-64-66-68-74(78)75-72(71-82-83(79,80)81-70-69-76(3,4)5)73(77)67-65-63-61-59-57-55-53-51-49-47-45-43-41-39-37-35-33-31-29-27-25-23-21-19-17-15-13-11-9-7-2/h24,26,72-73,77H,6-23,25,27-71H2,1-5H3,(H-,75,78,79,80)/b26-24-. The molecule has 0 fully saturated rings. The molecule has 0 aliphatic rings. The summed E-state index contributed by atoms with van der Waals surface area (Å²) in [7, 11) is 1.33. The lowest BCUT2D eigenvalue weighted by Crippen LogP contribution is -2.46. The number of aliphatic hydroxyl groups excluding tert-OH is 1. The third-order valence-electron chi connectivity index (χ3n) is 17.8. The molecule has 0 saturated heterocycles. The maximum absolute atomic E-state index is 13.1. The van der Waals surface area contributed by atoms with Crippen molar-refractivity contribution in [1.82, 2.24) is 5.32 Å². The van der Waals surface area contributed by atoms with Crippen LogP contribution in [0.5, 0.6) is 0 Å². The number of unbranched alkanes of at least 4 members (excludes halogenated alkanes) is 56. The highest BCUT2D eigenvalue weighted by molar-refractivity contribution is 7.45. The summed E-state index contributed by atoms with van der Waals surface area (Å²) in [6.45, 7) is 4.80. The number of carbonyl (C=O) groups excluding carboxylic acids is 1. The molecule has 0 aliphatic heterocycles. The molecule has 0 aromatic heterocycles. The topological polar surface area (TPSA) is 108 Å². The number of hydrogen-bond donors (Lipinski definition) is 2. The molecule has 0 aliphatic carbocycles. The molecule has 0 aromatic carbocycles. The average molecular weight is 1190 g/mol. The molecule has 0 bridgehead atoms. The number of nitrogens with one attached hydrogen (secondary N) is 1. The number of quaternary nitrogens is 1. The minimum absolute atomic E-state index is 0.0160. The second-order valence-electron chi connectivity index (χ2n) is 27.4. The van der Waals surface area contributed by atoms with Gasteiger partial charge in [0.2, 0.25) is 5.91 Å². The Kier molecular flexibility index (Phi) is 65.1. The molecular weight excluding hydrogens is 1040 g/mol. The van der Waals surface area contributed by atoms with Gasteiger partial charge in [0.1, 0.15) is 13.2 Å². The third-order valence-corrected chi connectivity index (χ3v) is 18.7. The minimum Gasteiger partial charge on any atom is -0.756 e. The molecule has 9 heteroatoms. The van der Waals surface area contributed by atoms with Crippen LogP contribution in [-0.2, 0) is 18.4 Å². The number of carbonyl (C=O) groups is 1. The first-order valence-electron chi connectivity index (χ1n) is 37.5. The van der Waals surface area contributed by atoms with Crippen molar-refractivity contribution < 1.29 is 32.9 Å². The van der Waals surface area contributed by atoms with E-state index in [2.05, 4.69) is 31.3 Å². The zero-order chi connectivity index (χ0) is 60.5. The molecule has 496 valence electrons. The van der Waals surface area contributed by atoms with Gasteiger partial charge in [-0.1, -0.05) is 373 Å². The van der Waals surface area contributed by atoms with Gasteiger partial charge >= 0.3 is 0 Å². The summed E-state index contributed by atoms with van der Waals surface area (Å²) in [5.74, 6) is -0.154. The highest BCUT2D eigenvalue weighted by atomic mass is 31.2. The van der Waals surface area contributed by atoms with Crippen LogP contribution in [-0.4, -0.2) is 68.5 Å². The highest BCUT2D eigenvalue weighted by Gasteiger charge is 2.24. The number of aliphatic hydroxyl groups is 1. The van der Waals surface area contributed by atoms with Crippen molar-refractivity contribution in [3.63, 3.8) is 0 Å². The maximum atomic E-state index is 13.1. The molecule has 0 saturated carbocycles. The molecule has 0 rings (SSSR count). The van der Waals surface area contributed by atoms with Crippen molar-refractivity contribution in [3.05, 3.63) is 12.2 Å². The Hall–Kier alpha value is -0.760. The number of likely N-dealkylation sites (N-methyl/N-ethyl adjacent to an activating group) is 1. The van der Waals surface area contributed by atoms with E-state index in [-0.39, 0.29) is 19.1 Å². The van der Waals surface area contributed by atoms with Gasteiger partial charge in [-0.2, -0.15) is 0 Å². The van der Waals surface area contributed by atoms with Crippen LogP contribution in [0.15, 0.2) is 12.2 Å². The maximum Gasteiger partial charge on any atom is 0.268 e. The Bertz CT molecular complexity index is 1360. The van der Waals surface area contributed by atoms with E-state index in [1.807, 2.05) is 21.1 Å². The zero-order valence-electron chi connectivity index (χ0n) is 56.9. The molecule has 0 radical (unpaired) electrons. The van der Waals surface area contributed by atoms with Crippen LogP contribution in [0.2, 0.25) is 0 Å². The van der Waals surface area contributed by atoms with E-state index in [0.717, 1.165) is 38.5 Å². The van der Waals surface area contributed by atoms with Crippen molar-refractivity contribution in [2.45, 2.75) is 418 Å². The number of nitrogens with zero attached hydrogens (tertiary/aromatic N) is 1. The third kappa shape index (κ3) is 68.6.